The molecule has 0 atom stereocenters. The van der Waals surface area contributed by atoms with Crippen LogP contribution in [0.2, 0.25) is 0 Å². The Bertz CT molecular complexity index is 447. The van der Waals surface area contributed by atoms with E-state index < -0.39 is 0 Å². The molecular weight excluding hydrogens is 216 g/mol. The van der Waals surface area contributed by atoms with Crippen molar-refractivity contribution in [1.82, 2.24) is 5.32 Å². The predicted octanol–water partition coefficient (Wildman–Crippen LogP) is 1.18. The minimum absolute atomic E-state index is 0.0683. The van der Waals surface area contributed by atoms with Gasteiger partial charge in [-0.1, -0.05) is 6.07 Å². The Hall–Kier alpha value is -1.57. The molecule has 0 saturated heterocycles. The van der Waals surface area contributed by atoms with Crippen molar-refractivity contribution in [2.75, 3.05) is 13.7 Å². The number of nitriles is 1. The second-order valence-electron chi connectivity index (χ2n) is 4.44. The van der Waals surface area contributed by atoms with Crippen molar-refractivity contribution in [1.29, 1.82) is 5.26 Å². The van der Waals surface area contributed by atoms with Crippen LogP contribution >= 0.6 is 0 Å². The quantitative estimate of drug-likeness (QED) is 0.800. The third-order valence-corrected chi connectivity index (χ3v) is 3.21. The lowest BCUT2D eigenvalue weighted by Gasteiger charge is -2.14. The van der Waals surface area contributed by atoms with Crippen molar-refractivity contribution in [3.63, 3.8) is 0 Å². The average Bonchev–Trinajstić information content (AvgIpc) is 3.16. The van der Waals surface area contributed by atoms with Gasteiger partial charge in [0, 0.05) is 12.1 Å². The van der Waals surface area contributed by atoms with E-state index in [2.05, 4.69) is 11.4 Å². The number of nitrogens with one attached hydrogen (secondary N) is 1. The highest BCUT2D eigenvalue weighted by molar-refractivity contribution is 5.45. The van der Waals surface area contributed by atoms with Gasteiger partial charge < -0.3 is 15.2 Å². The fraction of sp³-hybridized carbons (Fsp3) is 0.462. The zero-order chi connectivity index (χ0) is 12.3. The molecule has 1 aliphatic carbocycles. The van der Waals surface area contributed by atoms with Gasteiger partial charge in [-0.05, 0) is 30.5 Å². The SMILES string of the molecule is COc1cc(CNC2(CO)CC2)ccc1C#N. The molecular formula is C13H16N2O2. The summed E-state index contributed by atoms with van der Waals surface area (Å²) in [4.78, 5) is 0. The molecule has 0 aromatic heterocycles. The van der Waals surface area contributed by atoms with Crippen LogP contribution in [0.1, 0.15) is 24.0 Å². The van der Waals surface area contributed by atoms with Crippen molar-refractivity contribution < 1.29 is 9.84 Å². The molecule has 0 spiro atoms. The average molecular weight is 232 g/mol. The molecule has 0 radical (unpaired) electrons. The number of aliphatic hydroxyl groups is 1. The molecule has 1 aliphatic rings. The molecule has 0 unspecified atom stereocenters. The van der Waals surface area contributed by atoms with E-state index in [0.29, 0.717) is 17.9 Å². The number of benzene rings is 1. The summed E-state index contributed by atoms with van der Waals surface area (Å²) in [6.07, 6.45) is 2.05. The number of aliphatic hydroxyl groups excluding tert-OH is 1. The first-order valence-corrected chi connectivity index (χ1v) is 5.66. The molecule has 2 rings (SSSR count). The minimum atomic E-state index is -0.0683. The van der Waals surface area contributed by atoms with Crippen LogP contribution in [0.5, 0.6) is 5.75 Å². The summed E-state index contributed by atoms with van der Waals surface area (Å²) in [5.41, 5.74) is 1.53. The van der Waals surface area contributed by atoms with Gasteiger partial charge in [-0.25, -0.2) is 0 Å². The highest BCUT2D eigenvalue weighted by Crippen LogP contribution is 2.35. The van der Waals surface area contributed by atoms with Gasteiger partial charge in [0.25, 0.3) is 0 Å². The van der Waals surface area contributed by atoms with E-state index in [9.17, 15) is 5.11 Å². The highest BCUT2D eigenvalue weighted by Gasteiger charge is 2.41. The number of rotatable bonds is 5. The summed E-state index contributed by atoms with van der Waals surface area (Å²) in [7, 11) is 1.56. The maximum atomic E-state index is 9.19. The lowest BCUT2D eigenvalue weighted by Crippen LogP contribution is -2.34. The van der Waals surface area contributed by atoms with Crippen molar-refractivity contribution in [2.45, 2.75) is 24.9 Å². The number of ether oxygens (including phenoxy) is 1. The van der Waals surface area contributed by atoms with Crippen molar-refractivity contribution >= 4 is 0 Å². The smallest absolute Gasteiger partial charge is 0.136 e. The number of methoxy groups -OCH3 is 1. The number of nitrogens with zero attached hydrogens (tertiary/aromatic N) is 1. The van der Waals surface area contributed by atoms with Crippen LogP contribution in [0.4, 0.5) is 0 Å². The van der Waals surface area contributed by atoms with Crippen molar-refractivity contribution in [2.24, 2.45) is 0 Å². The summed E-state index contributed by atoms with van der Waals surface area (Å²) < 4.78 is 5.15. The van der Waals surface area contributed by atoms with Crippen LogP contribution in [0.15, 0.2) is 18.2 Å². The van der Waals surface area contributed by atoms with Crippen LogP contribution in [0.3, 0.4) is 0 Å². The maximum Gasteiger partial charge on any atom is 0.136 e. The van der Waals surface area contributed by atoms with E-state index in [1.165, 1.54) is 0 Å². The third-order valence-electron chi connectivity index (χ3n) is 3.21. The van der Waals surface area contributed by atoms with Gasteiger partial charge >= 0.3 is 0 Å². The summed E-state index contributed by atoms with van der Waals surface area (Å²) >= 11 is 0. The Morgan fingerprint density at radius 1 is 1.53 bits per heavy atom. The van der Waals surface area contributed by atoms with Gasteiger partial charge in [0.15, 0.2) is 0 Å². The fourth-order valence-electron chi connectivity index (χ4n) is 1.77. The van der Waals surface area contributed by atoms with Crippen LogP contribution in [0, 0.1) is 11.3 Å². The zero-order valence-corrected chi connectivity index (χ0v) is 9.86. The third kappa shape index (κ3) is 2.57. The monoisotopic (exact) mass is 232 g/mol. The van der Waals surface area contributed by atoms with Crippen LogP contribution in [-0.4, -0.2) is 24.4 Å². The second-order valence-corrected chi connectivity index (χ2v) is 4.44. The van der Waals surface area contributed by atoms with Crippen LogP contribution in [-0.2, 0) is 6.54 Å². The summed E-state index contributed by atoms with van der Waals surface area (Å²) in [5.74, 6) is 0.598. The summed E-state index contributed by atoms with van der Waals surface area (Å²) in [6, 6.07) is 7.61. The van der Waals surface area contributed by atoms with Crippen molar-refractivity contribution in [3.05, 3.63) is 29.3 Å². The maximum absolute atomic E-state index is 9.19. The highest BCUT2D eigenvalue weighted by atomic mass is 16.5. The molecule has 1 saturated carbocycles. The van der Waals surface area contributed by atoms with E-state index in [-0.39, 0.29) is 12.1 Å². The normalized spacial score (nSPS) is 16.3. The molecule has 2 N–H and O–H groups in total. The molecule has 17 heavy (non-hydrogen) atoms. The summed E-state index contributed by atoms with van der Waals surface area (Å²) in [5, 5.41) is 21.4. The number of hydrogen-bond donors (Lipinski definition) is 2. The van der Waals surface area contributed by atoms with Gasteiger partial charge in [0.1, 0.15) is 11.8 Å². The van der Waals surface area contributed by atoms with Gasteiger partial charge in [-0.2, -0.15) is 5.26 Å². The van der Waals surface area contributed by atoms with E-state index in [1.54, 1.807) is 13.2 Å². The molecule has 0 amide bonds. The van der Waals surface area contributed by atoms with E-state index >= 15 is 0 Å². The second kappa shape index (κ2) is 4.74. The topological polar surface area (TPSA) is 65.3 Å². The first kappa shape index (κ1) is 11.9. The first-order chi connectivity index (χ1) is 8.23. The molecule has 4 nitrogen and oxygen atoms in total. The molecule has 1 aromatic carbocycles. The zero-order valence-electron chi connectivity index (χ0n) is 9.86. The summed E-state index contributed by atoms with van der Waals surface area (Å²) in [6.45, 7) is 0.864. The van der Waals surface area contributed by atoms with Crippen LogP contribution < -0.4 is 10.1 Å². The van der Waals surface area contributed by atoms with E-state index in [4.69, 9.17) is 10.00 Å². The van der Waals surface area contributed by atoms with Gasteiger partial charge in [-0.3, -0.25) is 0 Å². The predicted molar refractivity (Wildman–Crippen MR) is 63.6 cm³/mol. The Morgan fingerprint density at radius 3 is 2.82 bits per heavy atom. The van der Waals surface area contributed by atoms with Gasteiger partial charge in [0.05, 0.1) is 19.3 Å². The standard InChI is InChI=1S/C13H16N2O2/c1-17-12-6-10(2-3-11(12)7-14)8-15-13(9-16)4-5-13/h2-3,6,15-16H,4-5,8-9H2,1H3. The molecule has 90 valence electrons. The molecule has 4 heteroatoms. The Morgan fingerprint density at radius 2 is 2.29 bits per heavy atom. The molecule has 0 aliphatic heterocycles. The lowest BCUT2D eigenvalue weighted by atomic mass is 10.1. The number of hydrogen-bond acceptors (Lipinski definition) is 4. The molecule has 1 fully saturated rings. The Labute approximate surface area is 101 Å². The Kier molecular flexibility index (Phi) is 3.32. The van der Waals surface area contributed by atoms with Gasteiger partial charge in [0.2, 0.25) is 0 Å². The molecule has 0 bridgehead atoms. The van der Waals surface area contributed by atoms with Crippen molar-refractivity contribution in [3.8, 4) is 11.8 Å². The van der Waals surface area contributed by atoms with Crippen LogP contribution in [0.25, 0.3) is 0 Å². The van der Waals surface area contributed by atoms with E-state index in [0.717, 1.165) is 18.4 Å². The first-order valence-electron chi connectivity index (χ1n) is 5.66. The van der Waals surface area contributed by atoms with Gasteiger partial charge in [-0.15, -0.1) is 0 Å². The minimum Gasteiger partial charge on any atom is -0.495 e. The van der Waals surface area contributed by atoms with E-state index in [1.807, 2.05) is 12.1 Å². The Balaban J connectivity index is 2.04. The fourth-order valence-corrected chi connectivity index (χ4v) is 1.77. The lowest BCUT2D eigenvalue weighted by molar-refractivity contribution is 0.229. The largest absolute Gasteiger partial charge is 0.495 e. The molecule has 0 heterocycles. The molecule has 1 aromatic rings.